The molecular weight excluding hydrogens is 384 g/mol. The predicted octanol–water partition coefficient (Wildman–Crippen LogP) is 2.22. The second-order valence-corrected chi connectivity index (χ2v) is 6.19. The molecule has 1 saturated heterocycles. The maximum absolute atomic E-state index is 14.6. The molecule has 1 aliphatic rings. The number of alkyl halides is 3. The summed E-state index contributed by atoms with van der Waals surface area (Å²) in [5.74, 6) is -2.39. The standard InChI is InChI=1S/C17H16F4N4O3/c1-22-14-10(7-23-25-14)15(27)24-16(4-5-28-8-13(16)26)11-3-2-9(6-12(11)18)17(19,20)21/h2-3,6-7H,4-5,8H2,1H3,(H,24,27)(H2,22,23,25). The number of carbonyl (C=O) groups excluding carboxylic acids is 2. The fourth-order valence-corrected chi connectivity index (χ4v) is 3.08. The van der Waals surface area contributed by atoms with Gasteiger partial charge in [0, 0.05) is 19.0 Å². The molecule has 2 aromatic rings. The smallest absolute Gasteiger partial charge is 0.373 e. The summed E-state index contributed by atoms with van der Waals surface area (Å²) in [6.45, 7) is -0.401. The molecule has 1 aromatic heterocycles. The SMILES string of the molecule is CNc1[nH]ncc1C(=O)NC1(c2ccc(C(F)(F)F)cc2F)CCOCC1=O. The molecule has 7 nitrogen and oxygen atoms in total. The van der Waals surface area contributed by atoms with Gasteiger partial charge in [-0.25, -0.2) is 4.39 Å². The number of ether oxygens (including phenoxy) is 1. The van der Waals surface area contributed by atoms with E-state index >= 15 is 0 Å². The monoisotopic (exact) mass is 400 g/mol. The summed E-state index contributed by atoms with van der Waals surface area (Å²) in [5.41, 5.74) is -3.33. The van der Waals surface area contributed by atoms with E-state index in [1.54, 1.807) is 0 Å². The largest absolute Gasteiger partial charge is 0.416 e. The Bertz CT molecular complexity index is 912. The zero-order valence-corrected chi connectivity index (χ0v) is 14.6. The van der Waals surface area contributed by atoms with Crippen LogP contribution in [0.4, 0.5) is 23.4 Å². The molecule has 3 N–H and O–H groups in total. The molecule has 11 heteroatoms. The molecule has 0 saturated carbocycles. The van der Waals surface area contributed by atoms with E-state index in [0.29, 0.717) is 12.1 Å². The fraction of sp³-hybridized carbons (Fsp3) is 0.353. The van der Waals surface area contributed by atoms with E-state index in [1.165, 1.54) is 13.2 Å². The van der Waals surface area contributed by atoms with Crippen molar-refractivity contribution in [1.29, 1.82) is 0 Å². The lowest BCUT2D eigenvalue weighted by Gasteiger charge is -2.37. The van der Waals surface area contributed by atoms with E-state index in [1.807, 2.05) is 0 Å². The van der Waals surface area contributed by atoms with Gasteiger partial charge in [-0.3, -0.25) is 14.7 Å². The van der Waals surface area contributed by atoms with Gasteiger partial charge in [0.05, 0.1) is 18.4 Å². The van der Waals surface area contributed by atoms with Crippen molar-refractivity contribution in [3.63, 3.8) is 0 Å². The Morgan fingerprint density at radius 1 is 1.36 bits per heavy atom. The van der Waals surface area contributed by atoms with Crippen molar-refractivity contribution < 1.29 is 31.9 Å². The van der Waals surface area contributed by atoms with Crippen LogP contribution in [0, 0.1) is 5.82 Å². The van der Waals surface area contributed by atoms with Crippen LogP contribution >= 0.6 is 0 Å². The number of carbonyl (C=O) groups is 2. The number of halogens is 4. The third-order valence-electron chi connectivity index (χ3n) is 4.55. The van der Waals surface area contributed by atoms with Gasteiger partial charge in [0.1, 0.15) is 29.3 Å². The van der Waals surface area contributed by atoms with E-state index in [2.05, 4.69) is 20.8 Å². The number of amides is 1. The van der Waals surface area contributed by atoms with Crippen LogP contribution in [0.2, 0.25) is 0 Å². The minimum Gasteiger partial charge on any atom is -0.373 e. The fourth-order valence-electron chi connectivity index (χ4n) is 3.08. The number of H-pyrrole nitrogens is 1. The summed E-state index contributed by atoms with van der Waals surface area (Å²) >= 11 is 0. The van der Waals surface area contributed by atoms with Gasteiger partial charge >= 0.3 is 6.18 Å². The molecule has 1 amide bonds. The average Bonchev–Trinajstić information content (AvgIpc) is 3.12. The number of hydrogen-bond acceptors (Lipinski definition) is 5. The molecule has 150 valence electrons. The highest BCUT2D eigenvalue weighted by Gasteiger charge is 2.46. The van der Waals surface area contributed by atoms with Crippen molar-refractivity contribution in [2.45, 2.75) is 18.1 Å². The molecule has 0 radical (unpaired) electrons. The second kappa shape index (κ2) is 7.23. The van der Waals surface area contributed by atoms with Gasteiger partial charge in [0.25, 0.3) is 5.91 Å². The first-order valence-electron chi connectivity index (χ1n) is 8.21. The molecule has 1 atom stereocenters. The molecule has 2 heterocycles. The summed E-state index contributed by atoms with van der Waals surface area (Å²) < 4.78 is 58.3. The first-order chi connectivity index (χ1) is 13.2. The Balaban J connectivity index is 2.04. The van der Waals surface area contributed by atoms with Crippen molar-refractivity contribution in [2.75, 3.05) is 25.6 Å². The van der Waals surface area contributed by atoms with E-state index in [-0.39, 0.29) is 30.0 Å². The van der Waals surface area contributed by atoms with Gasteiger partial charge in [0.15, 0.2) is 5.78 Å². The summed E-state index contributed by atoms with van der Waals surface area (Å²) in [6.07, 6.45) is -3.66. The van der Waals surface area contributed by atoms with E-state index in [0.717, 1.165) is 6.07 Å². The van der Waals surface area contributed by atoms with Crippen LogP contribution in [0.5, 0.6) is 0 Å². The van der Waals surface area contributed by atoms with E-state index in [4.69, 9.17) is 4.74 Å². The number of anilines is 1. The van der Waals surface area contributed by atoms with Crippen LogP contribution in [0.25, 0.3) is 0 Å². The Morgan fingerprint density at radius 2 is 2.11 bits per heavy atom. The summed E-state index contributed by atoms with van der Waals surface area (Å²) in [7, 11) is 1.54. The molecule has 1 unspecified atom stereocenters. The maximum atomic E-state index is 14.6. The van der Waals surface area contributed by atoms with Gasteiger partial charge in [-0.15, -0.1) is 0 Å². The van der Waals surface area contributed by atoms with Gasteiger partial charge in [0.2, 0.25) is 0 Å². The molecular formula is C17H16F4N4O3. The number of Topliss-reactive ketones (excluding diaryl/α,β-unsaturated/α-hetero) is 1. The zero-order chi connectivity index (χ0) is 20.5. The van der Waals surface area contributed by atoms with Crippen LogP contribution < -0.4 is 10.6 Å². The van der Waals surface area contributed by atoms with Crippen molar-refractivity contribution in [3.8, 4) is 0 Å². The Hall–Kier alpha value is -2.95. The van der Waals surface area contributed by atoms with Gasteiger partial charge in [-0.1, -0.05) is 6.07 Å². The van der Waals surface area contributed by atoms with Crippen LogP contribution in [0.1, 0.15) is 27.9 Å². The van der Waals surface area contributed by atoms with E-state index < -0.39 is 41.4 Å². The Morgan fingerprint density at radius 3 is 2.71 bits per heavy atom. The summed E-state index contributed by atoms with van der Waals surface area (Å²) in [5, 5.41) is 11.5. The van der Waals surface area contributed by atoms with Gasteiger partial charge in [-0.2, -0.15) is 18.3 Å². The highest BCUT2D eigenvalue weighted by molar-refractivity contribution is 6.03. The quantitative estimate of drug-likeness (QED) is 0.684. The number of ketones is 1. The lowest BCUT2D eigenvalue weighted by Crippen LogP contribution is -2.56. The molecule has 1 aromatic carbocycles. The maximum Gasteiger partial charge on any atom is 0.416 e. The molecule has 0 aliphatic carbocycles. The van der Waals surface area contributed by atoms with Crippen molar-refractivity contribution >= 4 is 17.5 Å². The summed E-state index contributed by atoms with van der Waals surface area (Å²) in [6, 6.07) is 1.85. The summed E-state index contributed by atoms with van der Waals surface area (Å²) in [4.78, 5) is 25.4. The molecule has 3 rings (SSSR count). The minimum atomic E-state index is -4.74. The number of rotatable bonds is 4. The number of aromatic amines is 1. The topological polar surface area (TPSA) is 96.1 Å². The average molecular weight is 400 g/mol. The number of aromatic nitrogens is 2. The van der Waals surface area contributed by atoms with Crippen molar-refractivity contribution in [1.82, 2.24) is 15.5 Å². The van der Waals surface area contributed by atoms with Gasteiger partial charge < -0.3 is 15.4 Å². The lowest BCUT2D eigenvalue weighted by molar-refractivity contribution is -0.137. The zero-order valence-electron chi connectivity index (χ0n) is 14.6. The lowest BCUT2D eigenvalue weighted by atomic mass is 9.80. The van der Waals surface area contributed by atoms with Crippen LogP contribution in [0.15, 0.2) is 24.4 Å². The normalized spacial score (nSPS) is 20.1. The molecule has 1 aliphatic heterocycles. The first kappa shape index (κ1) is 19.8. The minimum absolute atomic E-state index is 0.0107. The number of hydrogen-bond donors (Lipinski definition) is 3. The van der Waals surface area contributed by atoms with Crippen LogP contribution in [0.3, 0.4) is 0 Å². The number of nitrogens with zero attached hydrogens (tertiary/aromatic N) is 1. The second-order valence-electron chi connectivity index (χ2n) is 6.19. The predicted molar refractivity (Wildman–Crippen MR) is 89.1 cm³/mol. The molecule has 0 spiro atoms. The third kappa shape index (κ3) is 3.44. The molecule has 28 heavy (non-hydrogen) atoms. The van der Waals surface area contributed by atoms with Crippen molar-refractivity contribution in [3.05, 3.63) is 46.9 Å². The highest BCUT2D eigenvalue weighted by Crippen LogP contribution is 2.36. The Labute approximate surface area is 156 Å². The van der Waals surface area contributed by atoms with E-state index in [9.17, 15) is 27.2 Å². The highest BCUT2D eigenvalue weighted by atomic mass is 19.4. The molecule has 1 fully saturated rings. The Kier molecular flexibility index (Phi) is 5.11. The first-order valence-corrected chi connectivity index (χ1v) is 8.21. The molecule has 0 bridgehead atoms. The number of benzene rings is 1. The van der Waals surface area contributed by atoms with Crippen molar-refractivity contribution in [2.24, 2.45) is 0 Å². The van der Waals surface area contributed by atoms with Crippen LogP contribution in [-0.2, 0) is 21.2 Å². The number of nitrogens with one attached hydrogen (secondary N) is 3. The third-order valence-corrected chi connectivity index (χ3v) is 4.55. The van der Waals surface area contributed by atoms with Crippen LogP contribution in [-0.4, -0.2) is 42.1 Å². The van der Waals surface area contributed by atoms with Gasteiger partial charge in [-0.05, 0) is 12.1 Å².